The van der Waals surface area contributed by atoms with Gasteiger partial charge in [0.1, 0.15) is 5.82 Å². The van der Waals surface area contributed by atoms with E-state index in [1.165, 1.54) is 29.7 Å². The van der Waals surface area contributed by atoms with Crippen LogP contribution in [0.5, 0.6) is 0 Å². The number of carbonyl (C=O) groups excluding carboxylic acids is 1. The Morgan fingerprint density at radius 1 is 1.29 bits per heavy atom. The predicted octanol–water partition coefficient (Wildman–Crippen LogP) is 3.66. The van der Waals surface area contributed by atoms with Crippen molar-refractivity contribution in [2.75, 3.05) is 32.1 Å². The third kappa shape index (κ3) is 3.92. The maximum atomic E-state index is 13.4. The minimum atomic E-state index is -0.315. The number of amides is 1. The lowest BCUT2D eigenvalue weighted by molar-refractivity contribution is 0.0958. The number of aromatic nitrogens is 1. The molecule has 8 heteroatoms. The van der Waals surface area contributed by atoms with Gasteiger partial charge in [-0.1, -0.05) is 11.3 Å². The van der Waals surface area contributed by atoms with Crippen LogP contribution < -0.4 is 4.90 Å². The Balaban J connectivity index is 0.00000208. The molecule has 2 aromatic heterocycles. The minimum Gasteiger partial charge on any atom is -0.459 e. The van der Waals surface area contributed by atoms with E-state index in [1.54, 1.807) is 23.1 Å². The molecule has 0 spiro atoms. The Labute approximate surface area is 149 Å². The molecule has 128 valence electrons. The third-order valence-electron chi connectivity index (χ3n) is 3.32. The van der Waals surface area contributed by atoms with Gasteiger partial charge in [-0.3, -0.25) is 9.69 Å². The maximum absolute atomic E-state index is 13.4. The van der Waals surface area contributed by atoms with Crippen molar-refractivity contribution in [3.63, 3.8) is 0 Å². The summed E-state index contributed by atoms with van der Waals surface area (Å²) >= 11 is 1.29. The van der Waals surface area contributed by atoms with Crippen LogP contribution in [0.25, 0.3) is 10.2 Å². The monoisotopic (exact) mass is 369 g/mol. The minimum absolute atomic E-state index is 0. The molecule has 1 aromatic carbocycles. The summed E-state index contributed by atoms with van der Waals surface area (Å²) in [5.41, 5.74) is 0.675. The van der Waals surface area contributed by atoms with Gasteiger partial charge >= 0.3 is 0 Å². The highest BCUT2D eigenvalue weighted by atomic mass is 35.5. The fourth-order valence-corrected chi connectivity index (χ4v) is 3.13. The number of anilines is 1. The molecule has 0 bridgehead atoms. The van der Waals surface area contributed by atoms with Crippen molar-refractivity contribution in [2.45, 2.75) is 0 Å². The van der Waals surface area contributed by atoms with Crippen LogP contribution in [0, 0.1) is 5.82 Å². The summed E-state index contributed by atoms with van der Waals surface area (Å²) in [6, 6.07) is 7.71. The van der Waals surface area contributed by atoms with Crippen molar-refractivity contribution in [3.8, 4) is 0 Å². The first kappa shape index (κ1) is 18.4. The number of nitrogens with zero attached hydrogens (tertiary/aromatic N) is 3. The van der Waals surface area contributed by atoms with Crippen LogP contribution in [0.3, 0.4) is 0 Å². The summed E-state index contributed by atoms with van der Waals surface area (Å²) in [6.45, 7) is 1.14. The summed E-state index contributed by atoms with van der Waals surface area (Å²) in [7, 11) is 3.87. The van der Waals surface area contributed by atoms with E-state index in [4.69, 9.17) is 4.42 Å². The predicted molar refractivity (Wildman–Crippen MR) is 95.8 cm³/mol. The molecule has 1 amide bonds. The van der Waals surface area contributed by atoms with E-state index in [1.807, 2.05) is 19.0 Å². The Kier molecular flexibility index (Phi) is 5.93. The van der Waals surface area contributed by atoms with Gasteiger partial charge < -0.3 is 9.32 Å². The number of thiazole rings is 1. The van der Waals surface area contributed by atoms with E-state index in [2.05, 4.69) is 4.98 Å². The number of carbonyl (C=O) groups is 1. The average molecular weight is 370 g/mol. The Bertz CT molecular complexity index is 820. The lowest BCUT2D eigenvalue weighted by atomic mass is 10.3. The normalized spacial score (nSPS) is 10.8. The molecule has 0 fully saturated rings. The summed E-state index contributed by atoms with van der Waals surface area (Å²) in [4.78, 5) is 20.7. The lowest BCUT2D eigenvalue weighted by Gasteiger charge is -2.20. The number of halogens is 2. The SMILES string of the molecule is CN(C)CCN(C(=O)c1ccco1)c1nc2ccc(F)cc2s1.Cl. The molecule has 0 aliphatic carbocycles. The quantitative estimate of drug-likeness (QED) is 0.688. The number of likely N-dealkylation sites (N-methyl/N-ethyl adjacent to an activating group) is 1. The van der Waals surface area contributed by atoms with E-state index in [0.29, 0.717) is 28.4 Å². The van der Waals surface area contributed by atoms with Crippen LogP contribution in [0.1, 0.15) is 10.6 Å². The van der Waals surface area contributed by atoms with Gasteiger partial charge in [0, 0.05) is 13.1 Å². The molecule has 0 aliphatic rings. The molecule has 24 heavy (non-hydrogen) atoms. The summed E-state index contributed by atoms with van der Waals surface area (Å²) in [5, 5.41) is 0.536. The number of furan rings is 1. The first-order valence-electron chi connectivity index (χ1n) is 7.11. The van der Waals surface area contributed by atoms with Gasteiger partial charge in [-0.2, -0.15) is 0 Å². The Morgan fingerprint density at radius 2 is 2.08 bits per heavy atom. The molecule has 0 atom stereocenters. The van der Waals surface area contributed by atoms with Gasteiger partial charge in [0.2, 0.25) is 0 Å². The molecule has 0 radical (unpaired) electrons. The molecular weight excluding hydrogens is 353 g/mol. The van der Waals surface area contributed by atoms with Crippen molar-refractivity contribution in [3.05, 3.63) is 48.2 Å². The first-order chi connectivity index (χ1) is 11.0. The second-order valence-corrected chi connectivity index (χ2v) is 6.35. The van der Waals surface area contributed by atoms with Gasteiger partial charge in [-0.05, 0) is 44.4 Å². The zero-order valence-corrected chi connectivity index (χ0v) is 14.9. The lowest BCUT2D eigenvalue weighted by Crippen LogP contribution is -2.36. The molecular formula is C16H17ClFN3O2S. The van der Waals surface area contributed by atoms with E-state index >= 15 is 0 Å². The Morgan fingerprint density at radius 3 is 2.75 bits per heavy atom. The molecule has 0 saturated carbocycles. The van der Waals surface area contributed by atoms with E-state index in [0.717, 1.165) is 0 Å². The first-order valence-corrected chi connectivity index (χ1v) is 7.92. The number of hydrogen-bond donors (Lipinski definition) is 0. The van der Waals surface area contributed by atoms with Gasteiger partial charge in [-0.15, -0.1) is 12.4 Å². The Hall–Kier alpha value is -1.96. The van der Waals surface area contributed by atoms with E-state index < -0.39 is 0 Å². The molecule has 5 nitrogen and oxygen atoms in total. The highest BCUT2D eigenvalue weighted by Crippen LogP contribution is 2.30. The highest BCUT2D eigenvalue weighted by molar-refractivity contribution is 7.22. The number of hydrogen-bond acceptors (Lipinski definition) is 5. The van der Waals surface area contributed by atoms with Gasteiger partial charge in [0.25, 0.3) is 5.91 Å². The molecule has 0 saturated heterocycles. The molecule has 2 heterocycles. The number of benzene rings is 1. The van der Waals surface area contributed by atoms with Gasteiger partial charge in [-0.25, -0.2) is 9.37 Å². The third-order valence-corrected chi connectivity index (χ3v) is 4.36. The van der Waals surface area contributed by atoms with Crippen LogP contribution in [-0.4, -0.2) is 43.0 Å². The van der Waals surface area contributed by atoms with Gasteiger partial charge in [0.05, 0.1) is 16.5 Å². The molecule has 0 N–H and O–H groups in total. The smallest absolute Gasteiger partial charge is 0.295 e. The maximum Gasteiger partial charge on any atom is 0.295 e. The number of rotatable bonds is 5. The standard InChI is InChI=1S/C16H16FN3O2S.ClH/c1-19(2)7-8-20(15(21)13-4-3-9-22-13)16-18-12-6-5-11(17)10-14(12)23-16;/h3-6,9-10H,7-8H2,1-2H3;1H. The molecule has 0 aliphatic heterocycles. The molecule has 3 aromatic rings. The largest absolute Gasteiger partial charge is 0.459 e. The van der Waals surface area contributed by atoms with Crippen LogP contribution in [0.15, 0.2) is 41.0 Å². The molecule has 0 unspecified atom stereocenters. The summed E-state index contributed by atoms with van der Waals surface area (Å²) in [6.07, 6.45) is 1.46. The van der Waals surface area contributed by atoms with Crippen molar-refractivity contribution in [1.29, 1.82) is 0 Å². The van der Waals surface area contributed by atoms with Crippen molar-refractivity contribution in [2.24, 2.45) is 0 Å². The van der Waals surface area contributed by atoms with E-state index in [-0.39, 0.29) is 29.9 Å². The summed E-state index contributed by atoms with van der Waals surface area (Å²) < 4.78 is 19.3. The van der Waals surface area contributed by atoms with Crippen LogP contribution in [0.4, 0.5) is 9.52 Å². The van der Waals surface area contributed by atoms with Gasteiger partial charge in [0.15, 0.2) is 10.9 Å². The summed E-state index contributed by atoms with van der Waals surface area (Å²) in [5.74, 6) is -0.310. The fourth-order valence-electron chi connectivity index (χ4n) is 2.12. The topological polar surface area (TPSA) is 49.6 Å². The molecule has 3 rings (SSSR count). The van der Waals surface area contributed by atoms with E-state index in [9.17, 15) is 9.18 Å². The second kappa shape index (κ2) is 7.74. The van der Waals surface area contributed by atoms with Crippen LogP contribution >= 0.6 is 23.7 Å². The van der Waals surface area contributed by atoms with Crippen LogP contribution in [-0.2, 0) is 0 Å². The second-order valence-electron chi connectivity index (χ2n) is 5.35. The zero-order chi connectivity index (χ0) is 16.4. The highest BCUT2D eigenvalue weighted by Gasteiger charge is 2.23. The van der Waals surface area contributed by atoms with Crippen molar-refractivity contribution >= 4 is 45.0 Å². The van der Waals surface area contributed by atoms with Crippen LogP contribution in [0.2, 0.25) is 0 Å². The van der Waals surface area contributed by atoms with Crippen molar-refractivity contribution < 1.29 is 13.6 Å². The fraction of sp³-hybridized carbons (Fsp3) is 0.250. The number of fused-ring (bicyclic) bond motifs is 1. The average Bonchev–Trinajstić information content (AvgIpc) is 3.15. The zero-order valence-electron chi connectivity index (χ0n) is 13.2. The van der Waals surface area contributed by atoms with Crippen molar-refractivity contribution in [1.82, 2.24) is 9.88 Å².